The van der Waals surface area contributed by atoms with Crippen molar-refractivity contribution in [1.82, 2.24) is 0 Å². The van der Waals surface area contributed by atoms with Gasteiger partial charge in [-0.15, -0.1) is 5.11 Å². The van der Waals surface area contributed by atoms with Crippen molar-refractivity contribution in [3.8, 4) is 11.5 Å². The van der Waals surface area contributed by atoms with Gasteiger partial charge in [-0.2, -0.15) is 10.2 Å². The maximum Gasteiger partial charge on any atom is 1.00 e. The van der Waals surface area contributed by atoms with E-state index < -0.39 is 62.3 Å². The maximum absolute atomic E-state index is 13.5. The number of hydrazone groups is 1. The molecule has 0 aromatic heterocycles. The predicted octanol–water partition coefficient (Wildman–Crippen LogP) is -3.61. The molecule has 0 bridgehead atoms. The number of phenols is 1. The zero-order valence-corrected chi connectivity index (χ0v) is 39.1. The van der Waals surface area contributed by atoms with Crippen LogP contribution in [0.25, 0.3) is 16.8 Å². The van der Waals surface area contributed by atoms with Crippen LogP contribution in [-0.4, -0.2) is 62.6 Å². The minimum absolute atomic E-state index is 0. The molecule has 0 atom stereocenters. The second-order valence-electron chi connectivity index (χ2n) is 11.6. The summed E-state index contributed by atoms with van der Waals surface area (Å²) in [6, 6.07) is 19.4. The summed E-state index contributed by atoms with van der Waals surface area (Å²) in [5.74, 6) is -1.60. The third-order valence-electron chi connectivity index (χ3n) is 7.97. The predicted molar refractivity (Wildman–Crippen MR) is 193 cm³/mol. The normalized spacial score (nSPS) is 13.5. The molecule has 0 saturated carbocycles. The van der Waals surface area contributed by atoms with Gasteiger partial charge in [0.15, 0.2) is 0 Å². The summed E-state index contributed by atoms with van der Waals surface area (Å²) in [6.45, 7) is 1.54. The number of azo groups is 1. The van der Waals surface area contributed by atoms with Crippen LogP contribution in [0.2, 0.25) is 0 Å². The van der Waals surface area contributed by atoms with Crippen molar-refractivity contribution in [1.29, 1.82) is 0 Å². The number of nitrogens with zero attached hydrogens (tertiary/aromatic N) is 3. The van der Waals surface area contributed by atoms with Crippen LogP contribution in [0.3, 0.4) is 0 Å². The van der Waals surface area contributed by atoms with E-state index in [0.29, 0.717) is 17.3 Å². The SMILES string of the molecule is COc1cc(N=Nc2cc(S(=O)(=O)[O-])cc3cc(S(=O)(=O)[O-])cc(O)c23)c(C)cc1N/N=C1\C(=O)c2ccc(Nc3ccccc3)cc2C=C1S(=O)(=O)[O-].[Na+].[Na+].[Na+]. The second kappa shape index (κ2) is 18.9. The zero-order chi connectivity index (χ0) is 39.2. The van der Waals surface area contributed by atoms with E-state index in [1.54, 1.807) is 25.1 Å². The number of ether oxygens (including phenoxy) is 1. The fourth-order valence-electron chi connectivity index (χ4n) is 5.45. The maximum atomic E-state index is 13.5. The van der Waals surface area contributed by atoms with Gasteiger partial charge in [-0.1, -0.05) is 18.2 Å². The molecule has 0 radical (unpaired) electrons. The number of hydrogen-bond donors (Lipinski definition) is 3. The number of carbonyl (C=O) groups excluding carboxylic acids is 1. The minimum Gasteiger partial charge on any atom is -0.744 e. The van der Waals surface area contributed by atoms with Crippen molar-refractivity contribution >= 4 is 87.1 Å². The number of benzene rings is 5. The van der Waals surface area contributed by atoms with E-state index in [2.05, 4.69) is 26.1 Å². The Morgan fingerprint density at radius 1 is 0.719 bits per heavy atom. The third-order valence-corrected chi connectivity index (χ3v) is 10.4. The van der Waals surface area contributed by atoms with E-state index in [4.69, 9.17) is 4.74 Å². The van der Waals surface area contributed by atoms with Crippen LogP contribution < -0.4 is 104 Å². The molecule has 3 N–H and O–H groups in total. The van der Waals surface area contributed by atoms with Crippen molar-refractivity contribution in [2.45, 2.75) is 16.7 Å². The number of rotatable bonds is 10. The smallest absolute Gasteiger partial charge is 0.744 e. The summed E-state index contributed by atoms with van der Waals surface area (Å²) in [5, 5.41) is 25.2. The summed E-state index contributed by atoms with van der Waals surface area (Å²) in [5.41, 5.74) is 3.52. The van der Waals surface area contributed by atoms with Crippen molar-refractivity contribution in [2.24, 2.45) is 15.3 Å². The van der Waals surface area contributed by atoms with Crippen LogP contribution in [0, 0.1) is 6.92 Å². The second-order valence-corrected chi connectivity index (χ2v) is 15.7. The number of fused-ring (bicyclic) bond motifs is 2. The van der Waals surface area contributed by atoms with Crippen molar-refractivity contribution < 1.29 is 142 Å². The van der Waals surface area contributed by atoms with Crippen LogP contribution in [0.15, 0.2) is 115 Å². The van der Waals surface area contributed by atoms with Crippen molar-refractivity contribution in [3.63, 3.8) is 0 Å². The van der Waals surface area contributed by atoms with E-state index >= 15 is 0 Å². The summed E-state index contributed by atoms with van der Waals surface area (Å²) in [4.78, 5) is 10.9. The number of aromatic hydroxyl groups is 1. The van der Waals surface area contributed by atoms with Crippen molar-refractivity contribution in [3.05, 3.63) is 107 Å². The first-order valence-corrected chi connectivity index (χ1v) is 19.4. The first kappa shape index (κ1) is 48.3. The van der Waals surface area contributed by atoms with Crippen LogP contribution in [0.4, 0.5) is 28.4 Å². The third kappa shape index (κ3) is 11.0. The molecule has 17 nitrogen and oxygen atoms in total. The molecule has 1 aliphatic rings. The zero-order valence-electron chi connectivity index (χ0n) is 30.7. The number of nitrogens with one attached hydrogen (secondary N) is 2. The molecular formula is C34H24N5Na3O12S3. The Morgan fingerprint density at radius 3 is 1.93 bits per heavy atom. The van der Waals surface area contributed by atoms with E-state index in [-0.39, 0.29) is 133 Å². The first-order chi connectivity index (χ1) is 25.3. The van der Waals surface area contributed by atoms with Gasteiger partial charge in [0.2, 0.25) is 5.78 Å². The van der Waals surface area contributed by atoms with E-state index in [1.807, 2.05) is 18.2 Å². The standard InChI is InChI=1S/C34H27N5O12S3.3Na/c1-18-10-27(37-39-33-31(54(48,49)50)14-19-11-22(8-9-25(19)34(33)41)35-21-6-4-3-5-7-21)30(51-2)17-26(18)36-38-28-15-23(52(42,43)44)12-20-13-24(53(45,46)47)16-29(40)32(20)28;;;/h3-17,35,37,40H,1-2H3,(H,42,43,44)(H,45,46,47)(H,48,49,50);;;/q;3*+1/p-3/b38-36?,39-33-;;;. The number of phenolic OH excluding ortho intramolecular Hbond substituents is 1. The van der Waals surface area contributed by atoms with Gasteiger partial charge in [0, 0.05) is 23.0 Å². The van der Waals surface area contributed by atoms with E-state index in [9.17, 15) is 48.8 Å². The van der Waals surface area contributed by atoms with Gasteiger partial charge >= 0.3 is 88.7 Å². The molecule has 5 aromatic carbocycles. The van der Waals surface area contributed by atoms with Gasteiger partial charge in [0.05, 0.1) is 44.3 Å². The molecule has 0 spiro atoms. The fourth-order valence-corrected chi connectivity index (χ4v) is 7.15. The molecule has 0 fully saturated rings. The number of allylic oxidation sites excluding steroid dienone is 1. The molecule has 0 aliphatic heterocycles. The van der Waals surface area contributed by atoms with Crippen molar-refractivity contribution in [2.75, 3.05) is 17.9 Å². The summed E-state index contributed by atoms with van der Waals surface area (Å²) in [6.07, 6.45) is 1.05. The average Bonchev–Trinajstić information content (AvgIpc) is 3.09. The van der Waals surface area contributed by atoms with Gasteiger partial charge in [-0.3, -0.25) is 10.2 Å². The molecule has 0 amide bonds. The molecule has 1 aliphatic carbocycles. The molecule has 23 heteroatoms. The van der Waals surface area contributed by atoms with Crippen LogP contribution in [0.5, 0.6) is 11.5 Å². The molecule has 6 rings (SSSR count). The molecule has 0 saturated heterocycles. The van der Waals surface area contributed by atoms with E-state index in [1.165, 1.54) is 31.4 Å². The topological polar surface area (TPSA) is 279 Å². The Bertz CT molecular complexity index is 2830. The molecule has 5 aromatic rings. The number of hydrogen-bond acceptors (Lipinski definition) is 17. The van der Waals surface area contributed by atoms with Gasteiger partial charge in [0.1, 0.15) is 47.6 Å². The summed E-state index contributed by atoms with van der Waals surface area (Å²) >= 11 is 0. The number of carbonyl (C=O) groups is 1. The molecular weight excluding hydrogens is 836 g/mol. The quantitative estimate of drug-likeness (QED) is 0.0530. The van der Waals surface area contributed by atoms with Gasteiger partial charge in [0.25, 0.3) is 0 Å². The Labute approximate surface area is 392 Å². The number of anilines is 3. The average molecular weight is 860 g/mol. The van der Waals surface area contributed by atoms with Gasteiger partial charge in [-0.05, 0) is 90.2 Å². The van der Waals surface area contributed by atoms with Crippen LogP contribution in [0.1, 0.15) is 21.5 Å². The Kier molecular flexibility index (Phi) is 16.0. The Hall–Kier alpha value is -3.03. The number of methoxy groups -OCH3 is 1. The van der Waals surface area contributed by atoms with Gasteiger partial charge < -0.3 is 28.8 Å². The number of para-hydroxylation sites is 1. The summed E-state index contributed by atoms with van der Waals surface area (Å²) < 4.78 is 113. The number of aryl methyl sites for hydroxylation is 1. The van der Waals surface area contributed by atoms with Crippen LogP contribution >= 0.6 is 0 Å². The first-order valence-electron chi connectivity index (χ1n) is 15.2. The molecule has 0 unspecified atom stereocenters. The van der Waals surface area contributed by atoms with Gasteiger partial charge in [-0.25, -0.2) is 25.3 Å². The van der Waals surface area contributed by atoms with E-state index in [0.717, 1.165) is 30.0 Å². The number of ketones is 1. The summed E-state index contributed by atoms with van der Waals surface area (Å²) in [7, 11) is -14.2. The Morgan fingerprint density at radius 2 is 1.33 bits per heavy atom. The molecule has 0 heterocycles. The monoisotopic (exact) mass is 859 g/mol. The minimum atomic E-state index is -5.21. The molecule has 278 valence electrons. The fraction of sp³-hybridized carbons (Fsp3) is 0.0588. The number of Topliss-reactive ketones (excluding diaryl/α,β-unsaturated/α-hetero) is 1. The molecule has 57 heavy (non-hydrogen) atoms. The largest absolute Gasteiger partial charge is 1.00 e. The van der Waals surface area contributed by atoms with Crippen LogP contribution in [-0.2, 0) is 30.4 Å². The Balaban J connectivity index is 0.00000290.